The first-order valence-electron chi connectivity index (χ1n) is 10.3. The Hall–Kier alpha value is -1.32. The SMILES string of the molecule is COCc1cccc(C[C@H](O)/C=C/[C@H]2[C@H](O)CC(=O)[C@@H]2SCCCSCC(=O)OC)c1. The Morgan fingerprint density at radius 2 is 2.06 bits per heavy atom. The van der Waals surface area contributed by atoms with Gasteiger partial charge in [0, 0.05) is 25.9 Å². The molecule has 2 N–H and O–H groups in total. The third kappa shape index (κ3) is 8.98. The molecular weight excluding hydrogens is 436 g/mol. The van der Waals surface area contributed by atoms with Gasteiger partial charge in [-0.3, -0.25) is 9.59 Å². The number of benzene rings is 1. The van der Waals surface area contributed by atoms with Gasteiger partial charge in [-0.1, -0.05) is 36.4 Å². The zero-order valence-corrected chi connectivity index (χ0v) is 19.7. The zero-order valence-electron chi connectivity index (χ0n) is 18.1. The van der Waals surface area contributed by atoms with E-state index in [9.17, 15) is 19.8 Å². The number of esters is 1. The van der Waals surface area contributed by atoms with Crippen LogP contribution in [0.2, 0.25) is 0 Å². The molecule has 0 heterocycles. The molecule has 0 amide bonds. The first kappa shape index (κ1) is 25.9. The molecule has 0 aromatic heterocycles. The van der Waals surface area contributed by atoms with Gasteiger partial charge in [0.1, 0.15) is 5.78 Å². The summed E-state index contributed by atoms with van der Waals surface area (Å²) in [4.78, 5) is 23.4. The number of ketones is 1. The number of thioether (sulfide) groups is 2. The molecule has 2 rings (SSSR count). The van der Waals surface area contributed by atoms with Crippen LogP contribution >= 0.6 is 23.5 Å². The normalized spacial score (nSPS) is 22.2. The molecule has 0 saturated heterocycles. The van der Waals surface area contributed by atoms with Crippen LogP contribution in [-0.2, 0) is 32.1 Å². The highest BCUT2D eigenvalue weighted by molar-refractivity contribution is 8.01. The number of aliphatic hydroxyl groups is 2. The lowest BCUT2D eigenvalue weighted by atomic mass is 10.0. The predicted octanol–water partition coefficient (Wildman–Crippen LogP) is 2.64. The number of hydrogen-bond donors (Lipinski definition) is 2. The van der Waals surface area contributed by atoms with Crippen molar-refractivity contribution in [2.45, 2.75) is 43.3 Å². The van der Waals surface area contributed by atoms with E-state index >= 15 is 0 Å². The van der Waals surface area contributed by atoms with E-state index in [1.54, 1.807) is 31.0 Å². The molecule has 0 spiro atoms. The molecule has 1 aliphatic carbocycles. The molecule has 0 radical (unpaired) electrons. The maximum atomic E-state index is 12.3. The molecule has 1 saturated carbocycles. The third-order valence-corrected chi connectivity index (χ3v) is 7.48. The number of hydrogen-bond acceptors (Lipinski definition) is 8. The van der Waals surface area contributed by atoms with Crippen LogP contribution in [0.4, 0.5) is 0 Å². The second-order valence-corrected chi connectivity index (χ2v) is 9.85. The van der Waals surface area contributed by atoms with Crippen LogP contribution in [-0.4, -0.2) is 70.9 Å². The van der Waals surface area contributed by atoms with Crippen molar-refractivity contribution in [3.8, 4) is 0 Å². The summed E-state index contributed by atoms with van der Waals surface area (Å²) in [6.45, 7) is 0.524. The number of rotatable bonds is 13. The van der Waals surface area contributed by atoms with Crippen LogP contribution in [0.15, 0.2) is 36.4 Å². The number of aliphatic hydroxyl groups excluding tert-OH is 2. The van der Waals surface area contributed by atoms with Gasteiger partial charge >= 0.3 is 5.97 Å². The number of Topliss-reactive ketones (excluding diaryl/α,β-unsaturated/α-hetero) is 1. The molecule has 0 bridgehead atoms. The Morgan fingerprint density at radius 1 is 1.29 bits per heavy atom. The van der Waals surface area contributed by atoms with Crippen LogP contribution < -0.4 is 0 Å². The highest BCUT2D eigenvalue weighted by atomic mass is 32.2. The second-order valence-electron chi connectivity index (χ2n) is 7.50. The molecular formula is C23H32O6S2. The van der Waals surface area contributed by atoms with Gasteiger partial charge in [0.05, 0.1) is 36.9 Å². The van der Waals surface area contributed by atoms with E-state index in [1.165, 1.54) is 18.9 Å². The van der Waals surface area contributed by atoms with Gasteiger partial charge in [-0.05, 0) is 29.1 Å². The number of carbonyl (C=O) groups is 2. The molecule has 4 atom stereocenters. The van der Waals surface area contributed by atoms with Gasteiger partial charge in [0.25, 0.3) is 0 Å². The minimum atomic E-state index is -0.716. The molecule has 1 aromatic carbocycles. The smallest absolute Gasteiger partial charge is 0.315 e. The molecule has 6 nitrogen and oxygen atoms in total. The van der Waals surface area contributed by atoms with Crippen molar-refractivity contribution in [3.63, 3.8) is 0 Å². The monoisotopic (exact) mass is 468 g/mol. The van der Waals surface area contributed by atoms with Gasteiger partial charge in [-0.25, -0.2) is 0 Å². The van der Waals surface area contributed by atoms with Gasteiger partial charge in [-0.2, -0.15) is 11.8 Å². The standard InChI is InChI=1S/C23H32O6S2/c1-28-14-17-6-3-5-16(11-17)12-18(24)7-8-19-20(25)13-21(26)23(19)31-10-4-9-30-15-22(27)29-2/h3,5-8,11,18-20,23-25H,4,9-10,12-15H2,1-2H3/b8-7+/t18-,19+,20-,23-/m1/s1. The fraction of sp³-hybridized carbons (Fsp3) is 0.565. The van der Waals surface area contributed by atoms with Gasteiger partial charge in [0.15, 0.2) is 0 Å². The predicted molar refractivity (Wildman–Crippen MR) is 125 cm³/mol. The van der Waals surface area contributed by atoms with E-state index in [1.807, 2.05) is 24.3 Å². The van der Waals surface area contributed by atoms with Crippen molar-refractivity contribution in [1.82, 2.24) is 0 Å². The number of methoxy groups -OCH3 is 2. The average Bonchev–Trinajstić information content (AvgIpc) is 3.01. The summed E-state index contributed by atoms with van der Waals surface area (Å²) >= 11 is 3.06. The van der Waals surface area contributed by atoms with Gasteiger partial charge < -0.3 is 19.7 Å². The van der Waals surface area contributed by atoms with Crippen LogP contribution in [0.3, 0.4) is 0 Å². The Balaban J connectivity index is 1.83. The Bertz CT molecular complexity index is 739. The molecule has 0 aliphatic heterocycles. The summed E-state index contributed by atoms with van der Waals surface area (Å²) in [5.41, 5.74) is 2.05. The third-order valence-electron chi connectivity index (χ3n) is 5.00. The van der Waals surface area contributed by atoms with E-state index in [-0.39, 0.29) is 29.3 Å². The zero-order chi connectivity index (χ0) is 22.6. The largest absolute Gasteiger partial charge is 0.468 e. The summed E-state index contributed by atoms with van der Waals surface area (Å²) < 4.78 is 9.75. The van der Waals surface area contributed by atoms with E-state index < -0.39 is 12.2 Å². The van der Waals surface area contributed by atoms with Crippen molar-refractivity contribution >= 4 is 35.3 Å². The second kappa shape index (κ2) is 14.0. The number of carbonyl (C=O) groups excluding carboxylic acids is 2. The van der Waals surface area contributed by atoms with Crippen LogP contribution in [0.25, 0.3) is 0 Å². The van der Waals surface area contributed by atoms with E-state index in [0.717, 1.165) is 29.1 Å². The molecule has 31 heavy (non-hydrogen) atoms. The van der Waals surface area contributed by atoms with Crippen LogP contribution in [0.5, 0.6) is 0 Å². The summed E-state index contributed by atoms with van der Waals surface area (Å²) in [6, 6.07) is 7.88. The highest BCUT2D eigenvalue weighted by Gasteiger charge is 2.40. The molecule has 172 valence electrons. The molecule has 1 fully saturated rings. The van der Waals surface area contributed by atoms with Crippen molar-refractivity contribution < 1.29 is 29.3 Å². The minimum absolute atomic E-state index is 0.0520. The lowest BCUT2D eigenvalue weighted by Crippen LogP contribution is -2.22. The lowest BCUT2D eigenvalue weighted by Gasteiger charge is -2.17. The molecule has 8 heteroatoms. The lowest BCUT2D eigenvalue weighted by molar-refractivity contribution is -0.137. The van der Waals surface area contributed by atoms with Crippen molar-refractivity contribution in [3.05, 3.63) is 47.5 Å². The summed E-state index contributed by atoms with van der Waals surface area (Å²) in [5, 5.41) is 20.5. The van der Waals surface area contributed by atoms with E-state index in [2.05, 4.69) is 4.74 Å². The maximum absolute atomic E-state index is 12.3. The highest BCUT2D eigenvalue weighted by Crippen LogP contribution is 2.34. The fourth-order valence-electron chi connectivity index (χ4n) is 3.47. The topological polar surface area (TPSA) is 93.1 Å². The maximum Gasteiger partial charge on any atom is 0.315 e. The summed E-state index contributed by atoms with van der Waals surface area (Å²) in [7, 11) is 3.02. The van der Waals surface area contributed by atoms with E-state index in [4.69, 9.17) is 4.74 Å². The van der Waals surface area contributed by atoms with Crippen LogP contribution in [0.1, 0.15) is 24.0 Å². The summed E-state index contributed by atoms with van der Waals surface area (Å²) in [6.07, 6.45) is 3.55. The molecule has 1 aromatic rings. The quantitative estimate of drug-likeness (QED) is 0.259. The van der Waals surface area contributed by atoms with Crippen molar-refractivity contribution in [1.29, 1.82) is 0 Å². The Labute approximate surface area is 192 Å². The molecule has 1 aliphatic rings. The molecule has 0 unspecified atom stereocenters. The van der Waals surface area contributed by atoms with E-state index in [0.29, 0.717) is 18.8 Å². The average molecular weight is 469 g/mol. The van der Waals surface area contributed by atoms with Crippen molar-refractivity contribution in [2.75, 3.05) is 31.5 Å². The van der Waals surface area contributed by atoms with Crippen LogP contribution in [0, 0.1) is 5.92 Å². The minimum Gasteiger partial charge on any atom is -0.468 e. The van der Waals surface area contributed by atoms with Gasteiger partial charge in [0.2, 0.25) is 0 Å². The van der Waals surface area contributed by atoms with Gasteiger partial charge in [-0.15, -0.1) is 11.8 Å². The number of ether oxygens (including phenoxy) is 2. The first-order valence-corrected chi connectivity index (χ1v) is 12.5. The first-order chi connectivity index (χ1) is 14.9. The Morgan fingerprint density at radius 3 is 2.81 bits per heavy atom. The fourth-order valence-corrected chi connectivity index (χ4v) is 5.77. The van der Waals surface area contributed by atoms with Crippen molar-refractivity contribution in [2.24, 2.45) is 5.92 Å². The Kier molecular flexibility index (Phi) is 11.7. The summed E-state index contributed by atoms with van der Waals surface area (Å²) in [5.74, 6) is 1.44.